The monoisotopic (exact) mass is 487 g/mol. The van der Waals surface area contributed by atoms with Crippen molar-refractivity contribution in [1.29, 1.82) is 0 Å². The molecule has 7 rings (SSSR count). The maximum atomic E-state index is 13.6. The molecule has 5 unspecified atom stereocenters. The lowest BCUT2D eigenvalue weighted by molar-refractivity contribution is -0.104. The second-order valence-corrected chi connectivity index (χ2v) is 12.4. The van der Waals surface area contributed by atoms with E-state index in [0.717, 1.165) is 50.3 Å². The van der Waals surface area contributed by atoms with E-state index in [-0.39, 0.29) is 33.9 Å². The summed E-state index contributed by atoms with van der Waals surface area (Å²) in [5, 5.41) is 10.6. The lowest BCUT2D eigenvalue weighted by Crippen LogP contribution is -2.70. The number of aromatic hydroxyl groups is 1. The molecule has 1 saturated heterocycles. The van der Waals surface area contributed by atoms with E-state index in [4.69, 9.17) is 0 Å². The number of H-pyrrole nitrogens is 1. The van der Waals surface area contributed by atoms with Crippen molar-refractivity contribution in [2.24, 2.45) is 17.3 Å². The first-order valence-electron chi connectivity index (χ1n) is 13.9. The number of pyridine rings is 1. The molecular formula is C30H37N3O3. The molecule has 1 aromatic heterocycles. The molecule has 5 atom stereocenters. The minimum absolute atomic E-state index is 0.0127. The highest BCUT2D eigenvalue weighted by atomic mass is 16.3. The number of nitrogens with zero attached hydrogens (tertiary/aromatic N) is 2. The molecule has 1 aromatic carbocycles. The molecular weight excluding hydrogens is 450 g/mol. The highest BCUT2D eigenvalue weighted by molar-refractivity contribution is 5.94. The summed E-state index contributed by atoms with van der Waals surface area (Å²) in [5.41, 5.74) is 3.64. The molecule has 0 spiro atoms. The Hall–Kier alpha value is -2.60. The van der Waals surface area contributed by atoms with Gasteiger partial charge in [0.2, 0.25) is 0 Å². The number of aromatic amines is 1. The van der Waals surface area contributed by atoms with Crippen molar-refractivity contribution in [1.82, 2.24) is 14.8 Å². The molecule has 2 heterocycles. The number of nitrogens with one attached hydrogen (secondary N) is 1. The van der Waals surface area contributed by atoms with Gasteiger partial charge < -0.3 is 15.0 Å². The number of phenols is 1. The normalized spacial score (nSPS) is 34.7. The Morgan fingerprint density at radius 2 is 1.94 bits per heavy atom. The third kappa shape index (κ3) is 2.94. The zero-order chi connectivity index (χ0) is 24.8. The van der Waals surface area contributed by atoms with Crippen LogP contribution in [0.4, 0.5) is 0 Å². The van der Waals surface area contributed by atoms with Gasteiger partial charge in [-0.15, -0.1) is 0 Å². The average Bonchev–Trinajstić information content (AvgIpc) is 3.64. The zero-order valence-corrected chi connectivity index (χ0v) is 21.4. The summed E-state index contributed by atoms with van der Waals surface area (Å²) in [6, 6.07) is 10.2. The van der Waals surface area contributed by atoms with E-state index in [9.17, 15) is 14.7 Å². The van der Waals surface area contributed by atoms with Crippen LogP contribution >= 0.6 is 0 Å². The molecule has 190 valence electrons. The number of aryl methyl sites for hydroxylation is 1. The van der Waals surface area contributed by atoms with Gasteiger partial charge in [-0.25, -0.2) is 0 Å². The number of fused-ring (bicyclic) bond motifs is 1. The van der Waals surface area contributed by atoms with Crippen LogP contribution in [0.1, 0.15) is 72.1 Å². The van der Waals surface area contributed by atoms with Gasteiger partial charge >= 0.3 is 0 Å². The van der Waals surface area contributed by atoms with Crippen LogP contribution < -0.4 is 5.56 Å². The maximum Gasteiger partial charge on any atom is 0.260 e. The summed E-state index contributed by atoms with van der Waals surface area (Å²) < 4.78 is 0. The first-order valence-corrected chi connectivity index (χ1v) is 13.9. The van der Waals surface area contributed by atoms with Crippen LogP contribution in [0.5, 0.6) is 5.75 Å². The number of rotatable bonds is 4. The third-order valence-corrected chi connectivity index (χ3v) is 10.9. The van der Waals surface area contributed by atoms with Crippen LogP contribution in [-0.2, 0) is 11.8 Å². The molecule has 6 heteroatoms. The fraction of sp³-hybridized carbons (Fsp3) is 0.600. The minimum Gasteiger partial charge on any atom is -0.508 e. The topological polar surface area (TPSA) is 76.6 Å². The van der Waals surface area contributed by atoms with Crippen LogP contribution in [0.15, 0.2) is 35.1 Å². The molecule has 6 nitrogen and oxygen atoms in total. The Balaban J connectivity index is 1.30. The van der Waals surface area contributed by atoms with Crippen LogP contribution in [0.25, 0.3) is 0 Å². The molecule has 4 fully saturated rings. The van der Waals surface area contributed by atoms with E-state index in [1.807, 2.05) is 31.0 Å². The molecule has 4 bridgehead atoms. The average molecular weight is 488 g/mol. The van der Waals surface area contributed by atoms with Crippen molar-refractivity contribution in [2.45, 2.75) is 75.8 Å². The standard InChI is InChI=1S/C30H37N3O3/c1-18-3-8-22(27(35)31-18)28(36)32(2)25-10-12-29-11-9-23(25)30(29)13-14-33(17-19-4-5-19)26(29)15-20-6-7-21(34)16-24(20)30/h3,6-8,16,19,23,25-26,34H,4-5,9-15,17H2,1-2H3,(H,31,35). The second-order valence-electron chi connectivity index (χ2n) is 12.4. The van der Waals surface area contributed by atoms with Gasteiger partial charge in [-0.05, 0) is 117 Å². The fourth-order valence-corrected chi connectivity index (χ4v) is 9.31. The number of likely N-dealkylation sites (tertiary alicyclic amines) is 1. The van der Waals surface area contributed by atoms with E-state index in [1.54, 1.807) is 6.07 Å². The largest absolute Gasteiger partial charge is 0.508 e. The molecule has 1 amide bonds. The second kappa shape index (κ2) is 7.70. The van der Waals surface area contributed by atoms with Crippen molar-refractivity contribution < 1.29 is 9.90 Å². The van der Waals surface area contributed by atoms with Crippen LogP contribution in [-0.4, -0.2) is 58.0 Å². The van der Waals surface area contributed by atoms with Crippen molar-refractivity contribution in [3.8, 4) is 5.75 Å². The predicted octanol–water partition coefficient (Wildman–Crippen LogP) is 4.00. The van der Waals surface area contributed by atoms with Gasteiger partial charge in [-0.2, -0.15) is 0 Å². The lowest BCUT2D eigenvalue weighted by atomic mass is 9.43. The molecule has 2 aromatic rings. The van der Waals surface area contributed by atoms with Crippen molar-refractivity contribution in [3.05, 3.63) is 63.1 Å². The smallest absolute Gasteiger partial charge is 0.260 e. The quantitative estimate of drug-likeness (QED) is 0.684. The minimum atomic E-state index is -0.303. The number of aromatic nitrogens is 1. The van der Waals surface area contributed by atoms with Crippen molar-refractivity contribution in [3.63, 3.8) is 0 Å². The van der Waals surface area contributed by atoms with Crippen LogP contribution in [0, 0.1) is 24.2 Å². The number of carbonyl (C=O) groups is 1. The summed E-state index contributed by atoms with van der Waals surface area (Å²) in [6.07, 6.45) is 9.33. The molecule has 5 aliphatic rings. The number of benzene rings is 1. The maximum absolute atomic E-state index is 13.6. The van der Waals surface area contributed by atoms with E-state index in [2.05, 4.69) is 22.0 Å². The van der Waals surface area contributed by atoms with Crippen LogP contribution in [0.3, 0.4) is 0 Å². The Morgan fingerprint density at radius 3 is 2.72 bits per heavy atom. The molecule has 3 saturated carbocycles. The molecule has 1 aliphatic heterocycles. The first kappa shape index (κ1) is 22.6. The van der Waals surface area contributed by atoms with E-state index < -0.39 is 0 Å². The SMILES string of the molecule is Cc1ccc(C(=O)N(C)C2CCC34CCC2C32CCN(CC3CC3)C4Cc3ccc(O)cc32)c(=O)[nH]1. The fourth-order valence-electron chi connectivity index (χ4n) is 9.31. The van der Waals surface area contributed by atoms with Crippen LogP contribution in [0.2, 0.25) is 0 Å². The zero-order valence-electron chi connectivity index (χ0n) is 21.4. The third-order valence-electron chi connectivity index (χ3n) is 10.9. The summed E-state index contributed by atoms with van der Waals surface area (Å²) in [6.45, 7) is 4.18. The number of hydrogen-bond acceptors (Lipinski definition) is 4. The van der Waals surface area contributed by atoms with Gasteiger partial charge in [0.15, 0.2) is 0 Å². The number of piperidine rings is 1. The van der Waals surface area contributed by atoms with Gasteiger partial charge in [0, 0.05) is 36.8 Å². The Bertz CT molecular complexity index is 1300. The van der Waals surface area contributed by atoms with E-state index in [0.29, 0.717) is 17.7 Å². The van der Waals surface area contributed by atoms with E-state index >= 15 is 0 Å². The van der Waals surface area contributed by atoms with Crippen molar-refractivity contribution in [2.75, 3.05) is 20.1 Å². The highest BCUT2D eigenvalue weighted by Crippen LogP contribution is 2.72. The number of carbonyl (C=O) groups excluding carboxylic acids is 1. The summed E-state index contributed by atoms with van der Waals surface area (Å²) in [7, 11) is 1.90. The summed E-state index contributed by atoms with van der Waals surface area (Å²) in [4.78, 5) is 33.8. The molecule has 36 heavy (non-hydrogen) atoms. The van der Waals surface area contributed by atoms with E-state index in [1.165, 1.54) is 36.9 Å². The molecule has 4 aliphatic carbocycles. The number of amides is 1. The highest BCUT2D eigenvalue weighted by Gasteiger charge is 2.71. The lowest BCUT2D eigenvalue weighted by Gasteiger charge is -2.67. The Morgan fingerprint density at radius 1 is 1.14 bits per heavy atom. The van der Waals surface area contributed by atoms with Gasteiger partial charge in [-0.1, -0.05) is 6.07 Å². The van der Waals surface area contributed by atoms with Gasteiger partial charge in [0.1, 0.15) is 11.3 Å². The first-order chi connectivity index (χ1) is 17.3. The summed E-state index contributed by atoms with van der Waals surface area (Å²) >= 11 is 0. The molecule has 2 N–H and O–H groups in total. The number of hydrogen-bond donors (Lipinski definition) is 2. The van der Waals surface area contributed by atoms with Gasteiger partial charge in [-0.3, -0.25) is 14.5 Å². The van der Waals surface area contributed by atoms with Crippen molar-refractivity contribution >= 4 is 5.91 Å². The number of phenolic OH excluding ortho intramolecular Hbond substituents is 1. The van der Waals surface area contributed by atoms with Gasteiger partial charge in [0.25, 0.3) is 11.5 Å². The Kier molecular flexibility index (Phi) is 4.83. The molecule has 0 radical (unpaired) electrons. The summed E-state index contributed by atoms with van der Waals surface area (Å²) in [5.74, 6) is 1.40. The van der Waals surface area contributed by atoms with Gasteiger partial charge in [0.05, 0.1) is 0 Å². The Labute approximate surface area is 212 Å². The predicted molar refractivity (Wildman–Crippen MR) is 138 cm³/mol.